The lowest BCUT2D eigenvalue weighted by molar-refractivity contribution is 0.143. The van der Waals surface area contributed by atoms with Crippen LogP contribution in [0, 0.1) is 0 Å². The summed E-state index contributed by atoms with van der Waals surface area (Å²) in [6.07, 6.45) is 5.27. The van der Waals surface area contributed by atoms with Crippen LogP contribution in [0.25, 0.3) is 22.1 Å². The van der Waals surface area contributed by atoms with Gasteiger partial charge in [0.15, 0.2) is 11.5 Å². The van der Waals surface area contributed by atoms with Crippen molar-refractivity contribution < 1.29 is 17.9 Å². The maximum Gasteiger partial charge on any atom is 0.407 e. The van der Waals surface area contributed by atoms with E-state index in [1.54, 1.807) is 29.4 Å². The minimum absolute atomic E-state index is 0.273. The second-order valence-electron chi connectivity index (χ2n) is 8.38. The molecule has 1 aromatic carbocycles. The number of benzene rings is 1. The van der Waals surface area contributed by atoms with Crippen LogP contribution in [-0.2, 0) is 27.8 Å². The smallest absolute Gasteiger partial charge is 0.407 e. The zero-order valence-electron chi connectivity index (χ0n) is 19.8. The fraction of sp³-hybridized carbons (Fsp3) is 0.364. The molecule has 3 N–H and O–H groups in total. The monoisotopic (exact) mass is 500 g/mol. The van der Waals surface area contributed by atoms with Gasteiger partial charge in [0.25, 0.3) is 0 Å². The van der Waals surface area contributed by atoms with Crippen molar-refractivity contribution in [1.29, 1.82) is 0 Å². The molecule has 0 aliphatic rings. The van der Waals surface area contributed by atoms with Crippen molar-refractivity contribution in [2.45, 2.75) is 25.9 Å². The number of carbonyl (C=O) groups is 1. The van der Waals surface area contributed by atoms with E-state index < -0.39 is 16.1 Å². The maximum absolute atomic E-state index is 12.1. The highest BCUT2D eigenvalue weighted by atomic mass is 32.2. The molecule has 12 nitrogen and oxygen atoms in total. The van der Waals surface area contributed by atoms with Gasteiger partial charge in [-0.05, 0) is 36.6 Å². The molecule has 0 aliphatic carbocycles. The fourth-order valence-corrected chi connectivity index (χ4v) is 4.46. The fourth-order valence-electron chi connectivity index (χ4n) is 3.66. The molecule has 0 radical (unpaired) electrons. The van der Waals surface area contributed by atoms with Gasteiger partial charge in [0.2, 0.25) is 16.0 Å². The Bertz CT molecular complexity index is 1480. The first kappa shape index (κ1) is 24.3. The first-order chi connectivity index (χ1) is 16.6. The van der Waals surface area contributed by atoms with E-state index in [-0.39, 0.29) is 13.2 Å². The number of rotatable bonds is 9. The number of aromatic nitrogens is 5. The zero-order chi connectivity index (χ0) is 25.2. The molecule has 0 bridgehead atoms. The summed E-state index contributed by atoms with van der Waals surface area (Å²) >= 11 is 0. The van der Waals surface area contributed by atoms with Crippen molar-refractivity contribution in [2.75, 3.05) is 37.6 Å². The number of unbranched alkanes of at least 4 members (excludes halogenated alkanes) is 1. The van der Waals surface area contributed by atoms with Crippen LogP contribution in [0.2, 0.25) is 0 Å². The Labute approximate surface area is 202 Å². The Hall–Kier alpha value is -3.87. The van der Waals surface area contributed by atoms with Gasteiger partial charge in [-0.3, -0.25) is 0 Å². The predicted octanol–water partition coefficient (Wildman–Crippen LogP) is 1.94. The van der Waals surface area contributed by atoms with Crippen molar-refractivity contribution in [1.82, 2.24) is 28.8 Å². The van der Waals surface area contributed by atoms with E-state index >= 15 is 0 Å². The van der Waals surface area contributed by atoms with Crippen LogP contribution in [-0.4, -0.2) is 65.0 Å². The predicted molar refractivity (Wildman–Crippen MR) is 134 cm³/mol. The highest BCUT2D eigenvalue weighted by Crippen LogP contribution is 2.20. The summed E-state index contributed by atoms with van der Waals surface area (Å²) in [5.41, 5.74) is 8.66. The molecule has 0 saturated heterocycles. The third-order valence-electron chi connectivity index (χ3n) is 5.42. The van der Waals surface area contributed by atoms with Crippen LogP contribution in [0.5, 0.6) is 0 Å². The Morgan fingerprint density at radius 1 is 1.20 bits per heavy atom. The van der Waals surface area contributed by atoms with Crippen molar-refractivity contribution in [3.63, 3.8) is 0 Å². The average Bonchev–Trinajstić information content (AvgIpc) is 3.41. The summed E-state index contributed by atoms with van der Waals surface area (Å²) in [6.45, 7) is 1.20. The number of hydrogen-bond acceptors (Lipinski definition) is 9. The molecule has 35 heavy (non-hydrogen) atoms. The van der Waals surface area contributed by atoms with Gasteiger partial charge in [0, 0.05) is 38.8 Å². The van der Waals surface area contributed by atoms with Gasteiger partial charge in [0.05, 0.1) is 24.7 Å². The molecule has 1 amide bonds. The molecular formula is C22H28N8O4S. The summed E-state index contributed by atoms with van der Waals surface area (Å²) in [4.78, 5) is 26.9. The topological polar surface area (TPSA) is 150 Å². The molecule has 0 saturated carbocycles. The van der Waals surface area contributed by atoms with Crippen molar-refractivity contribution in [2.24, 2.45) is 0 Å². The van der Waals surface area contributed by atoms with Crippen molar-refractivity contribution in [3.05, 3.63) is 42.4 Å². The Kier molecular flexibility index (Phi) is 6.78. The van der Waals surface area contributed by atoms with Gasteiger partial charge in [-0.25, -0.2) is 22.2 Å². The number of anilines is 2. The molecule has 0 atom stereocenters. The van der Waals surface area contributed by atoms with Gasteiger partial charge in [-0.15, -0.1) is 0 Å². The minimum atomic E-state index is -3.36. The summed E-state index contributed by atoms with van der Waals surface area (Å²) in [6, 6.07) is 7.06. The lowest BCUT2D eigenvalue weighted by Crippen LogP contribution is -2.24. The first-order valence-corrected chi connectivity index (χ1v) is 12.8. The second kappa shape index (κ2) is 9.78. The van der Waals surface area contributed by atoms with E-state index in [1.807, 2.05) is 24.7 Å². The molecule has 3 heterocycles. The van der Waals surface area contributed by atoms with Crippen LogP contribution in [0.3, 0.4) is 0 Å². The summed E-state index contributed by atoms with van der Waals surface area (Å²) < 4.78 is 32.0. The second-order valence-corrected chi connectivity index (χ2v) is 10.2. The van der Waals surface area contributed by atoms with E-state index in [1.165, 1.54) is 10.2 Å². The normalized spacial score (nSPS) is 11.7. The molecule has 4 aromatic rings. The van der Waals surface area contributed by atoms with Crippen molar-refractivity contribution in [3.8, 4) is 0 Å². The van der Waals surface area contributed by atoms with Crippen LogP contribution < -0.4 is 16.0 Å². The lowest BCUT2D eigenvalue weighted by atomic mass is 10.1. The number of nitrogen functional groups attached to an aromatic ring is 1. The average molecular weight is 501 g/mol. The summed E-state index contributed by atoms with van der Waals surface area (Å²) in [5, 5.41) is 3.49. The Morgan fingerprint density at radius 2 is 2.00 bits per heavy atom. The Balaban J connectivity index is 1.23. The van der Waals surface area contributed by atoms with E-state index in [0.717, 1.165) is 23.6 Å². The van der Waals surface area contributed by atoms with Gasteiger partial charge in [0.1, 0.15) is 5.52 Å². The number of fused-ring (bicyclic) bond motifs is 2. The molecule has 0 unspecified atom stereocenters. The highest BCUT2D eigenvalue weighted by molar-refractivity contribution is 7.89. The molecule has 0 aliphatic heterocycles. The number of hydrogen-bond donors (Lipinski definition) is 2. The largest absolute Gasteiger partial charge is 0.450 e. The quantitative estimate of drug-likeness (QED) is 0.329. The SMILES string of the molecule is CN(C)c1nc(N)c2ncn(CCCCOC(=O)NCc3ccc4c(ccn4S(C)(=O)=O)c3)c2n1. The number of amides is 1. The number of imidazole rings is 1. The third kappa shape index (κ3) is 5.45. The Morgan fingerprint density at radius 3 is 2.74 bits per heavy atom. The summed E-state index contributed by atoms with van der Waals surface area (Å²) in [5.74, 6) is 0.855. The standard InChI is InChI=1S/C22H28N8O4S/c1-28(2)21-26-19(23)18-20(27-21)29(14-25-18)9-4-5-11-34-22(31)24-13-15-6-7-17-16(12-15)8-10-30(17)35(3,32)33/h6-8,10,12,14H,4-5,9,11,13H2,1-3H3,(H,24,31)(H2,23,26,27). The van der Waals surface area contributed by atoms with Gasteiger partial charge in [-0.2, -0.15) is 9.97 Å². The van der Waals surface area contributed by atoms with Gasteiger partial charge in [-0.1, -0.05) is 6.07 Å². The van der Waals surface area contributed by atoms with Crippen LogP contribution >= 0.6 is 0 Å². The van der Waals surface area contributed by atoms with Crippen molar-refractivity contribution >= 4 is 49.9 Å². The number of nitrogens with two attached hydrogens (primary N) is 1. The zero-order valence-corrected chi connectivity index (χ0v) is 20.6. The number of ether oxygens (including phenoxy) is 1. The molecule has 4 rings (SSSR count). The number of alkyl carbamates (subject to hydrolysis) is 1. The molecule has 3 aromatic heterocycles. The van der Waals surface area contributed by atoms with Crippen LogP contribution in [0.15, 0.2) is 36.8 Å². The first-order valence-electron chi connectivity index (χ1n) is 11.0. The van der Waals surface area contributed by atoms with Crippen LogP contribution in [0.4, 0.5) is 16.6 Å². The molecule has 0 spiro atoms. The molecule has 13 heteroatoms. The number of nitrogens with zero attached hydrogens (tertiary/aromatic N) is 6. The molecular weight excluding hydrogens is 472 g/mol. The number of nitrogens with one attached hydrogen (secondary N) is 1. The van der Waals surface area contributed by atoms with E-state index in [2.05, 4.69) is 20.3 Å². The summed E-state index contributed by atoms with van der Waals surface area (Å²) in [7, 11) is 0.325. The molecule has 0 fully saturated rings. The number of aryl methyl sites for hydroxylation is 1. The third-order valence-corrected chi connectivity index (χ3v) is 6.45. The van der Waals surface area contributed by atoms with E-state index in [0.29, 0.717) is 41.4 Å². The van der Waals surface area contributed by atoms with Gasteiger partial charge >= 0.3 is 6.09 Å². The van der Waals surface area contributed by atoms with E-state index in [4.69, 9.17) is 10.5 Å². The number of carbonyl (C=O) groups excluding carboxylic acids is 1. The lowest BCUT2D eigenvalue weighted by Gasteiger charge is -2.11. The minimum Gasteiger partial charge on any atom is -0.450 e. The van der Waals surface area contributed by atoms with Gasteiger partial charge < -0.3 is 25.3 Å². The highest BCUT2D eigenvalue weighted by Gasteiger charge is 2.13. The maximum atomic E-state index is 12.1. The molecule has 186 valence electrons. The van der Waals surface area contributed by atoms with E-state index in [9.17, 15) is 13.2 Å². The van der Waals surface area contributed by atoms with Crippen LogP contribution in [0.1, 0.15) is 18.4 Å².